The zero-order valence-corrected chi connectivity index (χ0v) is 9.21. The number of hydrogen-bond acceptors (Lipinski definition) is 3. The van der Waals surface area contributed by atoms with Crippen molar-refractivity contribution in [1.82, 2.24) is 9.97 Å². The quantitative estimate of drug-likeness (QED) is 0.844. The van der Waals surface area contributed by atoms with Crippen LogP contribution < -0.4 is 4.90 Å². The van der Waals surface area contributed by atoms with Gasteiger partial charge >= 0.3 is 0 Å². The highest BCUT2D eigenvalue weighted by Crippen LogP contribution is 2.14. The summed E-state index contributed by atoms with van der Waals surface area (Å²) in [5.74, 6) is -0.200. The van der Waals surface area contributed by atoms with Crippen LogP contribution in [0.3, 0.4) is 0 Å². The third kappa shape index (κ3) is 2.16. The number of nitriles is 1. The van der Waals surface area contributed by atoms with Gasteiger partial charge in [-0.15, -0.1) is 0 Å². The van der Waals surface area contributed by atoms with Gasteiger partial charge in [0.2, 0.25) is 0 Å². The Bertz CT molecular complexity index is 568. The monoisotopic (exact) mass is 226 g/mol. The molecule has 5 nitrogen and oxygen atoms in total. The van der Waals surface area contributed by atoms with Gasteiger partial charge in [0, 0.05) is 31.8 Å². The predicted molar refractivity (Wildman–Crippen MR) is 62.5 cm³/mol. The van der Waals surface area contributed by atoms with Crippen molar-refractivity contribution < 1.29 is 4.79 Å². The molecule has 1 amide bonds. The molecule has 2 aromatic heterocycles. The third-order valence-electron chi connectivity index (χ3n) is 2.39. The van der Waals surface area contributed by atoms with Gasteiger partial charge in [0.25, 0.3) is 5.91 Å². The van der Waals surface area contributed by atoms with Crippen LogP contribution in [-0.4, -0.2) is 22.9 Å². The second-order valence-corrected chi connectivity index (χ2v) is 3.51. The number of H-pyrrole nitrogens is 1. The largest absolute Gasteiger partial charge is 0.366 e. The van der Waals surface area contributed by atoms with E-state index in [4.69, 9.17) is 5.26 Å². The molecule has 84 valence electrons. The van der Waals surface area contributed by atoms with Gasteiger partial charge in [0.15, 0.2) is 0 Å². The van der Waals surface area contributed by atoms with E-state index in [0.717, 1.165) is 5.69 Å². The first-order chi connectivity index (χ1) is 8.22. The molecular weight excluding hydrogens is 216 g/mol. The Hall–Kier alpha value is -2.61. The lowest BCUT2D eigenvalue weighted by molar-refractivity contribution is 0.0992. The minimum Gasteiger partial charge on any atom is -0.366 e. The van der Waals surface area contributed by atoms with Crippen LogP contribution in [0.1, 0.15) is 15.9 Å². The maximum absolute atomic E-state index is 12.1. The van der Waals surface area contributed by atoms with Crippen LogP contribution in [-0.2, 0) is 0 Å². The van der Waals surface area contributed by atoms with Crippen LogP contribution in [0.25, 0.3) is 0 Å². The smallest absolute Gasteiger partial charge is 0.259 e. The third-order valence-corrected chi connectivity index (χ3v) is 2.39. The van der Waals surface area contributed by atoms with Crippen LogP contribution in [0.15, 0.2) is 36.9 Å². The molecule has 0 radical (unpaired) electrons. The summed E-state index contributed by atoms with van der Waals surface area (Å²) in [6.07, 6.45) is 6.34. The fraction of sp³-hybridized carbons (Fsp3) is 0.0833. The van der Waals surface area contributed by atoms with Crippen molar-refractivity contribution in [3.63, 3.8) is 0 Å². The second kappa shape index (κ2) is 4.49. The number of carbonyl (C=O) groups is 1. The maximum Gasteiger partial charge on any atom is 0.259 e. The molecule has 0 bridgehead atoms. The Labute approximate surface area is 98.3 Å². The number of rotatable bonds is 2. The molecule has 5 heteroatoms. The highest BCUT2D eigenvalue weighted by molar-refractivity contribution is 6.05. The zero-order chi connectivity index (χ0) is 12.3. The van der Waals surface area contributed by atoms with Crippen LogP contribution in [0.5, 0.6) is 0 Å². The van der Waals surface area contributed by atoms with Crippen LogP contribution in [0.4, 0.5) is 5.69 Å². The summed E-state index contributed by atoms with van der Waals surface area (Å²) in [7, 11) is 1.67. The number of aromatic amines is 1. The van der Waals surface area contributed by atoms with Crippen LogP contribution in [0, 0.1) is 11.3 Å². The number of pyridine rings is 1. The average Bonchev–Trinajstić information content (AvgIpc) is 2.91. The molecule has 0 spiro atoms. The Morgan fingerprint density at radius 2 is 2.35 bits per heavy atom. The van der Waals surface area contributed by atoms with Gasteiger partial charge in [-0.3, -0.25) is 9.78 Å². The zero-order valence-electron chi connectivity index (χ0n) is 9.21. The molecule has 1 N–H and O–H groups in total. The topological polar surface area (TPSA) is 72.8 Å². The van der Waals surface area contributed by atoms with Crippen molar-refractivity contribution in [1.29, 1.82) is 5.26 Å². The van der Waals surface area contributed by atoms with Crippen molar-refractivity contribution in [2.24, 2.45) is 0 Å². The standard InChI is InChI=1S/C12H10N4O/c1-16(11-2-3-14-8-11)12(17)10-4-9(5-13)6-15-7-10/h2-4,6-8,14H,1H3. The van der Waals surface area contributed by atoms with Crippen molar-refractivity contribution in [2.45, 2.75) is 0 Å². The van der Waals surface area contributed by atoms with E-state index in [9.17, 15) is 4.79 Å². The summed E-state index contributed by atoms with van der Waals surface area (Å²) in [5.41, 5.74) is 1.53. The number of aromatic nitrogens is 2. The lowest BCUT2D eigenvalue weighted by Crippen LogP contribution is -2.25. The maximum atomic E-state index is 12.1. The van der Waals surface area contributed by atoms with E-state index >= 15 is 0 Å². The van der Waals surface area contributed by atoms with Gasteiger partial charge in [0.05, 0.1) is 16.8 Å². The summed E-state index contributed by atoms with van der Waals surface area (Å²) >= 11 is 0. The summed E-state index contributed by atoms with van der Waals surface area (Å²) in [6, 6.07) is 5.27. The fourth-order valence-electron chi connectivity index (χ4n) is 1.45. The van der Waals surface area contributed by atoms with Crippen molar-refractivity contribution in [3.05, 3.63) is 48.0 Å². The van der Waals surface area contributed by atoms with Gasteiger partial charge in [-0.05, 0) is 12.1 Å². The van der Waals surface area contributed by atoms with Gasteiger partial charge < -0.3 is 9.88 Å². The molecule has 2 rings (SSSR count). The molecule has 0 aliphatic heterocycles. The Kier molecular flexibility index (Phi) is 2.88. The van der Waals surface area contributed by atoms with Gasteiger partial charge in [0.1, 0.15) is 6.07 Å². The lowest BCUT2D eigenvalue weighted by atomic mass is 10.2. The minimum atomic E-state index is -0.200. The van der Waals surface area contributed by atoms with Crippen LogP contribution >= 0.6 is 0 Å². The van der Waals surface area contributed by atoms with E-state index < -0.39 is 0 Å². The normalized spacial score (nSPS) is 9.65. The fourth-order valence-corrected chi connectivity index (χ4v) is 1.45. The van der Waals surface area contributed by atoms with E-state index in [0.29, 0.717) is 11.1 Å². The molecule has 17 heavy (non-hydrogen) atoms. The molecule has 0 aliphatic rings. The second-order valence-electron chi connectivity index (χ2n) is 3.51. The number of amides is 1. The molecule has 0 aromatic carbocycles. The molecular formula is C12H10N4O. The number of anilines is 1. The minimum absolute atomic E-state index is 0.200. The molecule has 2 aromatic rings. The molecule has 0 saturated heterocycles. The summed E-state index contributed by atoms with van der Waals surface area (Å²) in [5, 5.41) is 8.75. The molecule has 0 atom stereocenters. The Balaban J connectivity index is 2.28. The highest BCUT2D eigenvalue weighted by atomic mass is 16.2. The van der Waals surface area contributed by atoms with E-state index in [1.807, 2.05) is 6.07 Å². The molecule has 0 aliphatic carbocycles. The number of nitrogens with zero attached hydrogens (tertiary/aromatic N) is 3. The molecule has 0 saturated carbocycles. The number of hydrogen-bond donors (Lipinski definition) is 1. The van der Waals surface area contributed by atoms with E-state index in [-0.39, 0.29) is 5.91 Å². The predicted octanol–water partition coefficient (Wildman–Crippen LogP) is 1.56. The SMILES string of the molecule is CN(C(=O)c1cncc(C#N)c1)c1cc[nH]c1. The lowest BCUT2D eigenvalue weighted by Gasteiger charge is -2.14. The highest BCUT2D eigenvalue weighted by Gasteiger charge is 2.14. The first-order valence-corrected chi connectivity index (χ1v) is 4.98. The summed E-state index contributed by atoms with van der Waals surface area (Å²) < 4.78 is 0. The molecule has 0 unspecified atom stereocenters. The van der Waals surface area contributed by atoms with Gasteiger partial charge in [-0.25, -0.2) is 0 Å². The van der Waals surface area contributed by atoms with E-state index in [1.54, 1.807) is 25.5 Å². The van der Waals surface area contributed by atoms with E-state index in [2.05, 4.69) is 9.97 Å². The average molecular weight is 226 g/mol. The van der Waals surface area contributed by atoms with Gasteiger partial charge in [-0.1, -0.05) is 0 Å². The van der Waals surface area contributed by atoms with Crippen molar-refractivity contribution in [2.75, 3.05) is 11.9 Å². The van der Waals surface area contributed by atoms with Crippen LogP contribution in [0.2, 0.25) is 0 Å². The van der Waals surface area contributed by atoms with Crippen molar-refractivity contribution in [3.8, 4) is 6.07 Å². The van der Waals surface area contributed by atoms with Crippen molar-refractivity contribution >= 4 is 11.6 Å². The number of nitrogens with one attached hydrogen (secondary N) is 1. The Morgan fingerprint density at radius 3 is 3.00 bits per heavy atom. The first-order valence-electron chi connectivity index (χ1n) is 4.98. The molecule has 0 fully saturated rings. The van der Waals surface area contributed by atoms with E-state index in [1.165, 1.54) is 23.4 Å². The molecule has 2 heterocycles. The Morgan fingerprint density at radius 1 is 1.53 bits per heavy atom. The summed E-state index contributed by atoms with van der Waals surface area (Å²) in [6.45, 7) is 0. The first kappa shape index (κ1) is 10.9. The summed E-state index contributed by atoms with van der Waals surface area (Å²) in [4.78, 5) is 20.3. The van der Waals surface area contributed by atoms with Gasteiger partial charge in [-0.2, -0.15) is 5.26 Å². The number of carbonyl (C=O) groups excluding carboxylic acids is 1.